The lowest BCUT2D eigenvalue weighted by molar-refractivity contribution is 0.0517. The van der Waals surface area contributed by atoms with Gasteiger partial charge in [-0.15, -0.1) is 0 Å². The van der Waals surface area contributed by atoms with Crippen LogP contribution in [0.1, 0.15) is 17.4 Å². The summed E-state index contributed by atoms with van der Waals surface area (Å²) in [4.78, 5) is 12.4. The largest absolute Gasteiger partial charge is 0.461 e. The van der Waals surface area contributed by atoms with Crippen molar-refractivity contribution in [3.8, 4) is 11.1 Å². The molecule has 0 aliphatic carbocycles. The highest BCUT2D eigenvalue weighted by Gasteiger charge is 2.23. The SMILES string of the molecule is CCOC(=O)c1c(-c2ccccc2)c2cc(Cl)ccc2n1C. The lowest BCUT2D eigenvalue weighted by Gasteiger charge is -2.07. The predicted octanol–water partition coefficient (Wildman–Crippen LogP) is 4.68. The Morgan fingerprint density at radius 2 is 1.91 bits per heavy atom. The Hall–Kier alpha value is -2.26. The van der Waals surface area contributed by atoms with Gasteiger partial charge in [-0.3, -0.25) is 0 Å². The van der Waals surface area contributed by atoms with E-state index < -0.39 is 0 Å². The van der Waals surface area contributed by atoms with Crippen LogP contribution in [-0.2, 0) is 11.8 Å². The number of fused-ring (bicyclic) bond motifs is 1. The van der Waals surface area contributed by atoms with Gasteiger partial charge >= 0.3 is 5.97 Å². The molecule has 0 amide bonds. The highest BCUT2D eigenvalue weighted by atomic mass is 35.5. The van der Waals surface area contributed by atoms with Crippen LogP contribution >= 0.6 is 11.6 Å². The predicted molar refractivity (Wildman–Crippen MR) is 89.3 cm³/mol. The molecule has 0 aliphatic rings. The standard InChI is InChI=1S/C18H16ClNO2/c1-3-22-18(21)17-16(12-7-5-4-6-8-12)14-11-13(19)9-10-15(14)20(17)2/h4-11H,3H2,1-2H3. The second-order valence-corrected chi connectivity index (χ2v) is 5.47. The van der Waals surface area contributed by atoms with Gasteiger partial charge in [0.1, 0.15) is 5.69 Å². The third-order valence-corrected chi connectivity index (χ3v) is 3.93. The Balaban J connectivity index is 2.37. The number of esters is 1. The summed E-state index contributed by atoms with van der Waals surface area (Å²) in [6.45, 7) is 2.15. The first kappa shape index (κ1) is 14.7. The van der Waals surface area contributed by atoms with Crippen molar-refractivity contribution in [1.29, 1.82) is 0 Å². The number of carbonyl (C=O) groups is 1. The van der Waals surface area contributed by atoms with Gasteiger partial charge in [0.25, 0.3) is 0 Å². The van der Waals surface area contributed by atoms with Crippen LogP contribution in [-0.4, -0.2) is 17.1 Å². The number of ether oxygens (including phenoxy) is 1. The number of hydrogen-bond donors (Lipinski definition) is 0. The molecule has 22 heavy (non-hydrogen) atoms. The first-order valence-electron chi connectivity index (χ1n) is 7.14. The van der Waals surface area contributed by atoms with Crippen LogP contribution in [0.2, 0.25) is 5.02 Å². The Morgan fingerprint density at radius 3 is 2.59 bits per heavy atom. The Labute approximate surface area is 134 Å². The Kier molecular flexibility index (Phi) is 3.90. The number of nitrogens with zero attached hydrogens (tertiary/aromatic N) is 1. The van der Waals surface area contributed by atoms with Crippen molar-refractivity contribution in [3.63, 3.8) is 0 Å². The van der Waals surface area contributed by atoms with Crippen LogP contribution in [0.25, 0.3) is 22.0 Å². The molecular formula is C18H16ClNO2. The fourth-order valence-corrected chi connectivity index (χ4v) is 2.92. The first-order valence-corrected chi connectivity index (χ1v) is 7.51. The number of aryl methyl sites for hydroxylation is 1. The molecule has 0 bridgehead atoms. The van der Waals surface area contributed by atoms with Gasteiger partial charge in [-0.1, -0.05) is 41.9 Å². The van der Waals surface area contributed by atoms with Gasteiger partial charge in [-0.05, 0) is 30.7 Å². The molecule has 0 N–H and O–H groups in total. The van der Waals surface area contributed by atoms with Crippen molar-refractivity contribution < 1.29 is 9.53 Å². The van der Waals surface area contributed by atoms with Crippen molar-refractivity contribution in [1.82, 2.24) is 4.57 Å². The summed E-state index contributed by atoms with van der Waals surface area (Å²) in [6, 6.07) is 15.5. The van der Waals surface area contributed by atoms with E-state index in [2.05, 4.69) is 0 Å². The van der Waals surface area contributed by atoms with E-state index in [1.807, 2.05) is 60.1 Å². The molecule has 3 nitrogen and oxygen atoms in total. The monoisotopic (exact) mass is 313 g/mol. The zero-order valence-corrected chi connectivity index (χ0v) is 13.2. The van der Waals surface area contributed by atoms with Gasteiger partial charge < -0.3 is 9.30 Å². The number of aromatic nitrogens is 1. The normalized spacial score (nSPS) is 10.9. The van der Waals surface area contributed by atoms with Crippen LogP contribution in [0.3, 0.4) is 0 Å². The Morgan fingerprint density at radius 1 is 1.18 bits per heavy atom. The van der Waals surface area contributed by atoms with Crippen LogP contribution in [0, 0.1) is 0 Å². The summed E-state index contributed by atoms with van der Waals surface area (Å²) in [5.41, 5.74) is 3.33. The van der Waals surface area contributed by atoms with Crippen LogP contribution < -0.4 is 0 Å². The molecule has 0 aliphatic heterocycles. The van der Waals surface area contributed by atoms with E-state index in [4.69, 9.17) is 16.3 Å². The van der Waals surface area contributed by atoms with Gasteiger partial charge in [0.15, 0.2) is 0 Å². The molecule has 3 rings (SSSR count). The number of carbonyl (C=O) groups excluding carboxylic acids is 1. The summed E-state index contributed by atoms with van der Waals surface area (Å²) < 4.78 is 7.11. The highest BCUT2D eigenvalue weighted by Crippen LogP contribution is 2.36. The smallest absolute Gasteiger partial charge is 0.355 e. The van der Waals surface area contributed by atoms with Gasteiger partial charge in [-0.25, -0.2) is 4.79 Å². The fraction of sp³-hybridized carbons (Fsp3) is 0.167. The minimum Gasteiger partial charge on any atom is -0.461 e. The van der Waals surface area contributed by atoms with Gasteiger partial charge in [0, 0.05) is 28.5 Å². The molecular weight excluding hydrogens is 298 g/mol. The zero-order chi connectivity index (χ0) is 15.7. The maximum atomic E-state index is 12.4. The molecule has 3 aromatic rings. The van der Waals surface area contributed by atoms with Crippen molar-refractivity contribution in [2.24, 2.45) is 7.05 Å². The minimum atomic E-state index is -0.323. The van der Waals surface area contributed by atoms with Gasteiger partial charge in [0.05, 0.1) is 6.61 Å². The van der Waals surface area contributed by atoms with E-state index in [1.165, 1.54) is 0 Å². The van der Waals surface area contributed by atoms with Crippen molar-refractivity contribution in [2.75, 3.05) is 6.61 Å². The number of benzene rings is 2. The van der Waals surface area contributed by atoms with Crippen molar-refractivity contribution >= 4 is 28.5 Å². The molecule has 1 heterocycles. The molecule has 0 spiro atoms. The number of hydrogen-bond acceptors (Lipinski definition) is 2. The van der Waals surface area contributed by atoms with E-state index in [9.17, 15) is 4.79 Å². The van der Waals surface area contributed by atoms with Crippen LogP contribution in [0.15, 0.2) is 48.5 Å². The van der Waals surface area contributed by atoms with Gasteiger partial charge in [0.2, 0.25) is 0 Å². The average Bonchev–Trinajstić information content (AvgIpc) is 2.81. The van der Waals surface area contributed by atoms with E-state index >= 15 is 0 Å². The minimum absolute atomic E-state index is 0.323. The number of rotatable bonds is 3. The molecule has 0 unspecified atom stereocenters. The average molecular weight is 314 g/mol. The summed E-state index contributed by atoms with van der Waals surface area (Å²) in [7, 11) is 1.87. The summed E-state index contributed by atoms with van der Waals surface area (Å²) in [6.07, 6.45) is 0. The highest BCUT2D eigenvalue weighted by molar-refractivity contribution is 6.31. The summed E-state index contributed by atoms with van der Waals surface area (Å²) in [5.74, 6) is -0.323. The second kappa shape index (κ2) is 5.85. The van der Waals surface area contributed by atoms with Crippen molar-refractivity contribution in [3.05, 3.63) is 59.2 Å². The zero-order valence-electron chi connectivity index (χ0n) is 12.5. The third kappa shape index (κ3) is 2.38. The molecule has 2 aromatic carbocycles. The maximum absolute atomic E-state index is 12.4. The molecule has 1 aromatic heterocycles. The van der Waals surface area contributed by atoms with E-state index in [1.54, 1.807) is 6.92 Å². The molecule has 0 saturated heterocycles. The lowest BCUT2D eigenvalue weighted by atomic mass is 10.0. The third-order valence-electron chi connectivity index (χ3n) is 3.69. The van der Waals surface area contributed by atoms with Crippen LogP contribution in [0.4, 0.5) is 0 Å². The molecule has 0 fully saturated rings. The fourth-order valence-electron chi connectivity index (χ4n) is 2.75. The van der Waals surface area contributed by atoms with Gasteiger partial charge in [-0.2, -0.15) is 0 Å². The quantitative estimate of drug-likeness (QED) is 0.658. The Bertz CT molecular complexity index is 837. The summed E-state index contributed by atoms with van der Waals surface area (Å²) in [5, 5.41) is 1.59. The lowest BCUT2D eigenvalue weighted by Crippen LogP contribution is -2.11. The van der Waals surface area contributed by atoms with E-state index in [0.29, 0.717) is 17.3 Å². The first-order chi connectivity index (χ1) is 10.6. The molecule has 112 valence electrons. The molecule has 4 heteroatoms. The second-order valence-electron chi connectivity index (χ2n) is 5.03. The van der Waals surface area contributed by atoms with Crippen molar-refractivity contribution in [2.45, 2.75) is 6.92 Å². The van der Waals surface area contributed by atoms with E-state index in [-0.39, 0.29) is 5.97 Å². The molecule has 0 radical (unpaired) electrons. The topological polar surface area (TPSA) is 31.2 Å². The maximum Gasteiger partial charge on any atom is 0.355 e. The molecule has 0 atom stereocenters. The number of halogens is 1. The summed E-state index contributed by atoms with van der Waals surface area (Å²) >= 11 is 6.16. The van der Waals surface area contributed by atoms with E-state index in [0.717, 1.165) is 22.0 Å². The van der Waals surface area contributed by atoms with Crippen LogP contribution in [0.5, 0.6) is 0 Å². The molecule has 0 saturated carbocycles.